The number of nitrogens with one attached hydrogen (secondary N) is 2. The predicted molar refractivity (Wildman–Crippen MR) is 136 cm³/mol. The molecule has 4 aromatic rings. The summed E-state index contributed by atoms with van der Waals surface area (Å²) in [6.45, 7) is 0.186. The molecule has 2 heterocycles. The molecule has 0 aliphatic carbocycles. The highest BCUT2D eigenvalue weighted by molar-refractivity contribution is 9.10. The number of hydrogen-bond donors (Lipinski definition) is 2. The highest BCUT2D eigenvalue weighted by Gasteiger charge is 2.24. The fourth-order valence-corrected chi connectivity index (χ4v) is 4.52. The van der Waals surface area contributed by atoms with Gasteiger partial charge in [-0.1, -0.05) is 57.6 Å². The Hall–Kier alpha value is -3.76. The molecule has 1 aliphatic rings. The van der Waals surface area contributed by atoms with Crippen LogP contribution in [-0.2, 0) is 11.2 Å². The number of aromatic nitrogens is 2. The summed E-state index contributed by atoms with van der Waals surface area (Å²) in [5.41, 5.74) is 2.18. The van der Waals surface area contributed by atoms with Crippen molar-refractivity contribution in [3.63, 3.8) is 0 Å². The Kier molecular flexibility index (Phi) is 6.73. The number of amides is 2. The van der Waals surface area contributed by atoms with E-state index in [9.17, 15) is 9.59 Å². The SMILES string of the molecule is O=C(N[C@H](Cc1ccccc1)C(=O)Nc1nnc(-c2ccc3c(c2)OCO3)s1)c1ccc(Br)cc1. The van der Waals surface area contributed by atoms with Crippen molar-refractivity contribution in [3.05, 3.63) is 88.4 Å². The molecule has 176 valence electrons. The van der Waals surface area contributed by atoms with Crippen molar-refractivity contribution in [2.45, 2.75) is 12.5 Å². The second-order valence-electron chi connectivity index (χ2n) is 7.69. The van der Waals surface area contributed by atoms with Crippen LogP contribution in [-0.4, -0.2) is 34.8 Å². The van der Waals surface area contributed by atoms with Gasteiger partial charge >= 0.3 is 0 Å². The smallest absolute Gasteiger partial charge is 0.251 e. The fourth-order valence-electron chi connectivity index (χ4n) is 3.51. The van der Waals surface area contributed by atoms with Gasteiger partial charge in [-0.2, -0.15) is 0 Å². The van der Waals surface area contributed by atoms with E-state index in [0.29, 0.717) is 33.6 Å². The lowest BCUT2D eigenvalue weighted by Crippen LogP contribution is -2.45. The third-order valence-electron chi connectivity index (χ3n) is 5.29. The summed E-state index contributed by atoms with van der Waals surface area (Å²) in [6.07, 6.45) is 0.322. The van der Waals surface area contributed by atoms with Gasteiger partial charge in [-0.15, -0.1) is 10.2 Å². The van der Waals surface area contributed by atoms with Crippen LogP contribution < -0.4 is 20.1 Å². The molecule has 2 N–H and O–H groups in total. The van der Waals surface area contributed by atoms with Crippen LogP contribution in [0.2, 0.25) is 0 Å². The first-order valence-corrected chi connectivity index (χ1v) is 12.3. The van der Waals surface area contributed by atoms with E-state index < -0.39 is 6.04 Å². The third kappa shape index (κ3) is 5.50. The Morgan fingerprint density at radius 1 is 0.971 bits per heavy atom. The van der Waals surface area contributed by atoms with Crippen LogP contribution in [0.25, 0.3) is 10.6 Å². The zero-order chi connectivity index (χ0) is 24.2. The molecule has 3 aromatic carbocycles. The van der Waals surface area contributed by atoms with Gasteiger partial charge in [-0.25, -0.2) is 0 Å². The van der Waals surface area contributed by atoms with Crippen molar-refractivity contribution < 1.29 is 19.1 Å². The van der Waals surface area contributed by atoms with E-state index in [2.05, 4.69) is 36.8 Å². The second-order valence-corrected chi connectivity index (χ2v) is 9.59. The summed E-state index contributed by atoms with van der Waals surface area (Å²) in [5.74, 6) is 0.596. The molecule has 1 atom stereocenters. The van der Waals surface area contributed by atoms with Crippen LogP contribution in [0.4, 0.5) is 5.13 Å². The van der Waals surface area contributed by atoms with E-state index in [1.54, 1.807) is 24.3 Å². The first-order chi connectivity index (χ1) is 17.0. The number of ether oxygens (including phenoxy) is 2. The topological polar surface area (TPSA) is 102 Å². The van der Waals surface area contributed by atoms with Crippen LogP contribution in [0.15, 0.2) is 77.3 Å². The molecular weight excluding hydrogens is 532 g/mol. The van der Waals surface area contributed by atoms with Crippen molar-refractivity contribution in [3.8, 4) is 22.1 Å². The summed E-state index contributed by atoms with van der Waals surface area (Å²) in [7, 11) is 0. The highest BCUT2D eigenvalue weighted by Crippen LogP contribution is 2.37. The maximum atomic E-state index is 13.2. The summed E-state index contributed by atoms with van der Waals surface area (Å²) in [5, 5.41) is 14.9. The molecule has 0 saturated carbocycles. The van der Waals surface area contributed by atoms with E-state index in [1.807, 2.05) is 48.5 Å². The molecule has 5 rings (SSSR count). The van der Waals surface area contributed by atoms with E-state index in [1.165, 1.54) is 11.3 Å². The number of anilines is 1. The Bertz CT molecular complexity index is 1360. The molecule has 0 saturated heterocycles. The molecular formula is C25H19BrN4O4S. The quantitative estimate of drug-likeness (QED) is 0.346. The number of benzene rings is 3. The lowest BCUT2D eigenvalue weighted by atomic mass is 10.0. The predicted octanol–water partition coefficient (Wildman–Crippen LogP) is 4.68. The molecule has 0 fully saturated rings. The number of hydrogen-bond acceptors (Lipinski definition) is 7. The van der Waals surface area contributed by atoms with Gasteiger partial charge in [0.2, 0.25) is 17.8 Å². The lowest BCUT2D eigenvalue weighted by Gasteiger charge is -2.18. The molecule has 0 bridgehead atoms. The minimum absolute atomic E-state index is 0.186. The van der Waals surface area contributed by atoms with Crippen molar-refractivity contribution in [1.82, 2.24) is 15.5 Å². The Balaban J connectivity index is 1.32. The minimum Gasteiger partial charge on any atom is -0.454 e. The van der Waals surface area contributed by atoms with Crippen LogP contribution in [0.5, 0.6) is 11.5 Å². The Morgan fingerprint density at radius 3 is 2.54 bits per heavy atom. The maximum Gasteiger partial charge on any atom is 0.251 e. The van der Waals surface area contributed by atoms with Crippen LogP contribution >= 0.6 is 27.3 Å². The standard InChI is InChI=1S/C25H19BrN4O4S/c26-18-9-6-16(7-10-18)22(31)27-19(12-15-4-2-1-3-5-15)23(32)28-25-30-29-24(35-25)17-8-11-20-21(13-17)34-14-33-20/h1-11,13,19H,12,14H2,(H,27,31)(H,28,30,32)/t19-/m1/s1. The first-order valence-electron chi connectivity index (χ1n) is 10.7. The van der Waals surface area contributed by atoms with Crippen molar-refractivity contribution >= 4 is 44.2 Å². The van der Waals surface area contributed by atoms with Gasteiger partial charge in [-0.3, -0.25) is 14.9 Å². The second kappa shape index (κ2) is 10.2. The normalized spacial score (nSPS) is 12.7. The van der Waals surface area contributed by atoms with Gasteiger partial charge in [0.15, 0.2) is 11.5 Å². The summed E-state index contributed by atoms with van der Waals surface area (Å²) in [4.78, 5) is 26.0. The monoisotopic (exact) mass is 550 g/mol. The molecule has 10 heteroatoms. The van der Waals surface area contributed by atoms with Crippen molar-refractivity contribution in [2.75, 3.05) is 12.1 Å². The molecule has 0 spiro atoms. The molecule has 0 unspecified atom stereocenters. The van der Waals surface area contributed by atoms with Crippen molar-refractivity contribution in [2.24, 2.45) is 0 Å². The van der Waals surface area contributed by atoms with E-state index >= 15 is 0 Å². The highest BCUT2D eigenvalue weighted by atomic mass is 79.9. The molecule has 0 radical (unpaired) electrons. The summed E-state index contributed by atoms with van der Waals surface area (Å²) in [6, 6.07) is 21.1. The van der Waals surface area contributed by atoms with Crippen LogP contribution in [0, 0.1) is 0 Å². The fraction of sp³-hybridized carbons (Fsp3) is 0.120. The summed E-state index contributed by atoms with van der Waals surface area (Å²) >= 11 is 4.59. The summed E-state index contributed by atoms with van der Waals surface area (Å²) < 4.78 is 11.6. The minimum atomic E-state index is -0.813. The zero-order valence-corrected chi connectivity index (χ0v) is 20.6. The molecule has 1 aromatic heterocycles. The molecule has 1 aliphatic heterocycles. The maximum absolute atomic E-state index is 13.2. The third-order valence-corrected chi connectivity index (χ3v) is 6.70. The largest absolute Gasteiger partial charge is 0.454 e. The van der Waals surface area contributed by atoms with Gasteiger partial charge in [0, 0.05) is 22.0 Å². The zero-order valence-electron chi connectivity index (χ0n) is 18.2. The number of halogens is 1. The van der Waals surface area contributed by atoms with Crippen LogP contribution in [0.1, 0.15) is 15.9 Å². The number of carbonyl (C=O) groups is 2. The van der Waals surface area contributed by atoms with E-state index in [4.69, 9.17) is 9.47 Å². The lowest BCUT2D eigenvalue weighted by molar-refractivity contribution is -0.118. The van der Waals surface area contributed by atoms with Crippen molar-refractivity contribution in [1.29, 1.82) is 0 Å². The molecule has 2 amide bonds. The van der Waals surface area contributed by atoms with Gasteiger partial charge < -0.3 is 14.8 Å². The Labute approximate surface area is 213 Å². The molecule has 8 nitrogen and oxygen atoms in total. The average molecular weight is 551 g/mol. The number of fused-ring (bicyclic) bond motifs is 1. The van der Waals surface area contributed by atoms with Gasteiger partial charge in [0.25, 0.3) is 5.91 Å². The first kappa shape index (κ1) is 23.0. The van der Waals surface area contributed by atoms with E-state index in [0.717, 1.165) is 15.6 Å². The van der Waals surface area contributed by atoms with Gasteiger partial charge in [0.05, 0.1) is 0 Å². The average Bonchev–Trinajstić information content (AvgIpc) is 3.53. The van der Waals surface area contributed by atoms with Gasteiger partial charge in [-0.05, 0) is 48.0 Å². The van der Waals surface area contributed by atoms with E-state index in [-0.39, 0.29) is 18.6 Å². The van der Waals surface area contributed by atoms with Crippen LogP contribution in [0.3, 0.4) is 0 Å². The number of rotatable bonds is 7. The number of nitrogens with zero attached hydrogens (tertiary/aromatic N) is 2. The number of carbonyl (C=O) groups excluding carboxylic acids is 2. The Morgan fingerprint density at radius 2 is 1.74 bits per heavy atom. The van der Waals surface area contributed by atoms with Gasteiger partial charge in [0.1, 0.15) is 11.0 Å². The molecule has 35 heavy (non-hydrogen) atoms.